The van der Waals surface area contributed by atoms with Gasteiger partial charge in [-0.2, -0.15) is 5.10 Å². The molecule has 2 aromatic carbocycles. The average molecular weight is 362 g/mol. The number of hydrogen-bond acceptors (Lipinski definition) is 2. The Labute approximate surface area is 155 Å². The number of rotatable bonds is 5. The summed E-state index contributed by atoms with van der Waals surface area (Å²) < 4.78 is 15.2. The van der Waals surface area contributed by atoms with Gasteiger partial charge in [0.1, 0.15) is 5.82 Å². The molecule has 5 nitrogen and oxygen atoms in total. The molecule has 6 heteroatoms. The van der Waals surface area contributed by atoms with Gasteiger partial charge in [-0.15, -0.1) is 0 Å². The highest BCUT2D eigenvalue weighted by Crippen LogP contribution is 2.28. The SMILES string of the molecule is CCn1c(-c2cc(NC(=O)Cc3ccc(F)cc3)n[nH]2)cc2ccccc21. The van der Waals surface area contributed by atoms with Crippen molar-refractivity contribution in [2.45, 2.75) is 19.9 Å². The van der Waals surface area contributed by atoms with E-state index in [0.29, 0.717) is 5.82 Å². The minimum absolute atomic E-state index is 0.164. The highest BCUT2D eigenvalue weighted by Gasteiger charge is 2.13. The Morgan fingerprint density at radius 3 is 2.70 bits per heavy atom. The van der Waals surface area contributed by atoms with Gasteiger partial charge in [-0.1, -0.05) is 30.3 Å². The molecule has 136 valence electrons. The summed E-state index contributed by atoms with van der Waals surface area (Å²) in [5, 5.41) is 11.1. The van der Waals surface area contributed by atoms with Gasteiger partial charge in [-0.25, -0.2) is 4.39 Å². The normalized spacial score (nSPS) is 11.0. The number of aryl methyl sites for hydroxylation is 1. The molecule has 0 fully saturated rings. The molecule has 0 saturated heterocycles. The quantitative estimate of drug-likeness (QED) is 0.554. The van der Waals surface area contributed by atoms with Gasteiger partial charge in [0.25, 0.3) is 0 Å². The zero-order valence-electron chi connectivity index (χ0n) is 14.9. The summed E-state index contributed by atoms with van der Waals surface area (Å²) in [6, 6.07) is 18.0. The fourth-order valence-corrected chi connectivity index (χ4v) is 3.27. The van der Waals surface area contributed by atoms with Crippen molar-refractivity contribution in [3.8, 4) is 11.4 Å². The predicted octanol–water partition coefficient (Wildman–Crippen LogP) is 4.37. The maximum absolute atomic E-state index is 13.0. The Bertz CT molecular complexity index is 1100. The zero-order valence-corrected chi connectivity index (χ0v) is 14.9. The first-order valence-corrected chi connectivity index (χ1v) is 8.82. The first-order valence-electron chi connectivity index (χ1n) is 8.82. The summed E-state index contributed by atoms with van der Waals surface area (Å²) in [5.74, 6) is -0.0527. The topological polar surface area (TPSA) is 62.7 Å². The second kappa shape index (κ2) is 7.07. The van der Waals surface area contributed by atoms with E-state index in [1.54, 1.807) is 12.1 Å². The van der Waals surface area contributed by atoms with Crippen LogP contribution in [0.15, 0.2) is 60.7 Å². The molecule has 4 rings (SSSR count). The number of anilines is 1. The predicted molar refractivity (Wildman–Crippen MR) is 104 cm³/mol. The van der Waals surface area contributed by atoms with Gasteiger partial charge >= 0.3 is 0 Å². The van der Waals surface area contributed by atoms with Crippen LogP contribution in [0.3, 0.4) is 0 Å². The van der Waals surface area contributed by atoms with Gasteiger partial charge in [-0.3, -0.25) is 9.89 Å². The fourth-order valence-electron chi connectivity index (χ4n) is 3.27. The number of H-pyrrole nitrogens is 1. The van der Waals surface area contributed by atoms with E-state index in [1.807, 2.05) is 18.2 Å². The van der Waals surface area contributed by atoms with Gasteiger partial charge in [0.15, 0.2) is 5.82 Å². The molecule has 0 saturated carbocycles. The van der Waals surface area contributed by atoms with E-state index in [9.17, 15) is 9.18 Å². The monoisotopic (exact) mass is 362 g/mol. The number of aromatic nitrogens is 3. The van der Waals surface area contributed by atoms with Gasteiger partial charge in [0, 0.05) is 23.5 Å². The fraction of sp³-hybridized carbons (Fsp3) is 0.143. The molecule has 4 aromatic rings. The second-order valence-corrected chi connectivity index (χ2v) is 6.35. The molecule has 0 unspecified atom stereocenters. The number of halogens is 1. The van der Waals surface area contributed by atoms with Crippen molar-refractivity contribution in [3.05, 3.63) is 72.0 Å². The largest absolute Gasteiger partial charge is 0.340 e. The number of nitrogens with one attached hydrogen (secondary N) is 2. The van der Waals surface area contributed by atoms with E-state index in [-0.39, 0.29) is 18.1 Å². The summed E-state index contributed by atoms with van der Waals surface area (Å²) in [5.41, 5.74) is 3.76. The number of aromatic amines is 1. The highest BCUT2D eigenvalue weighted by molar-refractivity contribution is 5.92. The maximum Gasteiger partial charge on any atom is 0.229 e. The van der Waals surface area contributed by atoms with Crippen LogP contribution in [0.5, 0.6) is 0 Å². The molecule has 2 N–H and O–H groups in total. The molecule has 0 aliphatic rings. The molecule has 0 aliphatic heterocycles. The second-order valence-electron chi connectivity index (χ2n) is 6.35. The van der Waals surface area contributed by atoms with Crippen LogP contribution in [0.4, 0.5) is 10.2 Å². The Hall–Kier alpha value is -3.41. The van der Waals surface area contributed by atoms with Crippen molar-refractivity contribution >= 4 is 22.6 Å². The minimum Gasteiger partial charge on any atom is -0.340 e. The number of carbonyl (C=O) groups excluding carboxylic acids is 1. The van der Waals surface area contributed by atoms with Crippen molar-refractivity contribution in [2.24, 2.45) is 0 Å². The van der Waals surface area contributed by atoms with Gasteiger partial charge < -0.3 is 9.88 Å². The van der Waals surface area contributed by atoms with E-state index in [1.165, 1.54) is 12.1 Å². The molecule has 2 aromatic heterocycles. The zero-order chi connectivity index (χ0) is 18.8. The Kier molecular flexibility index (Phi) is 4.46. The summed E-state index contributed by atoms with van der Waals surface area (Å²) >= 11 is 0. The lowest BCUT2D eigenvalue weighted by Gasteiger charge is -2.05. The number of hydrogen-bond donors (Lipinski definition) is 2. The van der Waals surface area contributed by atoms with Crippen molar-refractivity contribution < 1.29 is 9.18 Å². The lowest BCUT2D eigenvalue weighted by Crippen LogP contribution is -2.14. The van der Waals surface area contributed by atoms with Crippen LogP contribution in [0.1, 0.15) is 12.5 Å². The van der Waals surface area contributed by atoms with Crippen LogP contribution in [0, 0.1) is 5.82 Å². The molecular formula is C21H19FN4O. The Morgan fingerprint density at radius 1 is 1.15 bits per heavy atom. The van der Waals surface area contributed by atoms with Gasteiger partial charge in [0.05, 0.1) is 17.8 Å². The molecule has 0 spiro atoms. The Morgan fingerprint density at radius 2 is 1.93 bits per heavy atom. The number of amides is 1. The molecule has 0 radical (unpaired) electrons. The van der Waals surface area contributed by atoms with Crippen molar-refractivity contribution in [3.63, 3.8) is 0 Å². The number of fused-ring (bicyclic) bond motifs is 1. The molecule has 27 heavy (non-hydrogen) atoms. The third kappa shape index (κ3) is 3.46. The van der Waals surface area contributed by atoms with Crippen LogP contribution >= 0.6 is 0 Å². The van der Waals surface area contributed by atoms with E-state index >= 15 is 0 Å². The number of nitrogens with zero attached hydrogens (tertiary/aromatic N) is 2. The number of para-hydroxylation sites is 1. The first-order chi connectivity index (χ1) is 13.1. The molecule has 0 aliphatic carbocycles. The smallest absolute Gasteiger partial charge is 0.229 e. The summed E-state index contributed by atoms with van der Waals surface area (Å²) in [6.45, 7) is 2.92. The average Bonchev–Trinajstić information content (AvgIpc) is 3.27. The third-order valence-corrected chi connectivity index (χ3v) is 4.53. The molecule has 0 atom stereocenters. The molecule has 1 amide bonds. The molecule has 0 bridgehead atoms. The van der Waals surface area contributed by atoms with Gasteiger partial charge in [0.2, 0.25) is 5.91 Å². The van der Waals surface area contributed by atoms with Crippen LogP contribution < -0.4 is 5.32 Å². The van der Waals surface area contributed by atoms with Crippen LogP contribution in [0.2, 0.25) is 0 Å². The highest BCUT2D eigenvalue weighted by atomic mass is 19.1. The van der Waals surface area contributed by atoms with Crippen molar-refractivity contribution in [1.82, 2.24) is 14.8 Å². The van der Waals surface area contributed by atoms with Crippen molar-refractivity contribution in [2.75, 3.05) is 5.32 Å². The van der Waals surface area contributed by atoms with E-state index in [4.69, 9.17) is 0 Å². The molecule has 2 heterocycles. The van der Waals surface area contributed by atoms with E-state index in [2.05, 4.69) is 45.2 Å². The van der Waals surface area contributed by atoms with Crippen LogP contribution in [-0.2, 0) is 17.8 Å². The van der Waals surface area contributed by atoms with Gasteiger partial charge in [-0.05, 0) is 36.8 Å². The molecular weight excluding hydrogens is 343 g/mol. The minimum atomic E-state index is -0.317. The van der Waals surface area contributed by atoms with Crippen LogP contribution in [-0.4, -0.2) is 20.7 Å². The number of carbonyl (C=O) groups is 1. The summed E-state index contributed by atoms with van der Waals surface area (Å²) in [4.78, 5) is 12.2. The van der Waals surface area contributed by atoms with E-state index < -0.39 is 0 Å². The Balaban J connectivity index is 1.53. The lowest BCUT2D eigenvalue weighted by atomic mass is 10.1. The van der Waals surface area contributed by atoms with Crippen molar-refractivity contribution in [1.29, 1.82) is 0 Å². The van der Waals surface area contributed by atoms with E-state index in [0.717, 1.165) is 34.4 Å². The lowest BCUT2D eigenvalue weighted by molar-refractivity contribution is -0.115. The summed E-state index contributed by atoms with van der Waals surface area (Å²) in [7, 11) is 0. The first kappa shape index (κ1) is 17.0. The standard InChI is InChI=1S/C21H19FN4O/c1-2-26-18-6-4-3-5-15(18)12-19(26)17-13-20(25-24-17)23-21(27)11-14-7-9-16(22)10-8-14/h3-10,12-13H,2,11H2,1H3,(H2,23,24,25,27). The summed E-state index contributed by atoms with van der Waals surface area (Å²) in [6.07, 6.45) is 0.164. The third-order valence-electron chi connectivity index (χ3n) is 4.53. The maximum atomic E-state index is 13.0. The number of benzene rings is 2. The van der Waals surface area contributed by atoms with Crippen LogP contribution in [0.25, 0.3) is 22.3 Å².